The van der Waals surface area contributed by atoms with Crippen molar-refractivity contribution < 1.29 is 9.90 Å². The third-order valence-corrected chi connectivity index (χ3v) is 2.42. The first-order valence-corrected chi connectivity index (χ1v) is 5.63. The third kappa shape index (κ3) is 7.33. The molecule has 0 saturated carbocycles. The van der Waals surface area contributed by atoms with E-state index in [-0.39, 0.29) is 24.6 Å². The first-order chi connectivity index (χ1) is 6.97. The largest absolute Gasteiger partial charge is 0.396 e. The molecule has 0 spiro atoms. The van der Waals surface area contributed by atoms with Gasteiger partial charge in [-0.3, -0.25) is 4.79 Å². The van der Waals surface area contributed by atoms with Gasteiger partial charge in [-0.25, -0.2) is 0 Å². The Bertz CT molecular complexity index is 181. The van der Waals surface area contributed by atoms with Crippen molar-refractivity contribution in [3.8, 4) is 0 Å². The van der Waals surface area contributed by atoms with Crippen LogP contribution in [0.25, 0.3) is 0 Å². The van der Waals surface area contributed by atoms with Crippen molar-refractivity contribution in [3.05, 3.63) is 0 Å². The van der Waals surface area contributed by atoms with Crippen molar-refractivity contribution >= 4 is 5.91 Å². The number of rotatable bonds is 7. The summed E-state index contributed by atoms with van der Waals surface area (Å²) in [5.41, 5.74) is 5.57. The second kappa shape index (κ2) is 7.65. The Morgan fingerprint density at radius 1 is 1.33 bits per heavy atom. The molecule has 0 aromatic rings. The number of hydrogen-bond acceptors (Lipinski definition) is 3. The summed E-state index contributed by atoms with van der Waals surface area (Å²) >= 11 is 0. The van der Waals surface area contributed by atoms with Gasteiger partial charge in [0.1, 0.15) is 0 Å². The van der Waals surface area contributed by atoms with Gasteiger partial charge in [-0.05, 0) is 25.7 Å². The molecule has 0 aliphatic rings. The van der Waals surface area contributed by atoms with E-state index in [0.29, 0.717) is 25.2 Å². The average molecular weight is 216 g/mol. The van der Waals surface area contributed by atoms with Crippen LogP contribution in [0.4, 0.5) is 0 Å². The van der Waals surface area contributed by atoms with E-state index in [2.05, 4.69) is 5.32 Å². The van der Waals surface area contributed by atoms with Crippen molar-refractivity contribution in [2.75, 3.05) is 6.61 Å². The third-order valence-electron chi connectivity index (χ3n) is 2.42. The highest BCUT2D eigenvalue weighted by Crippen LogP contribution is 2.06. The van der Waals surface area contributed by atoms with Gasteiger partial charge in [-0.15, -0.1) is 0 Å². The molecule has 0 heterocycles. The summed E-state index contributed by atoms with van der Waals surface area (Å²) in [6.07, 6.45) is 1.78. The second-order valence-corrected chi connectivity index (χ2v) is 4.45. The van der Waals surface area contributed by atoms with Gasteiger partial charge in [0, 0.05) is 25.1 Å². The highest BCUT2D eigenvalue weighted by molar-refractivity contribution is 5.76. The topological polar surface area (TPSA) is 75.4 Å². The van der Waals surface area contributed by atoms with Crippen molar-refractivity contribution in [2.24, 2.45) is 11.7 Å². The zero-order chi connectivity index (χ0) is 11.8. The van der Waals surface area contributed by atoms with Gasteiger partial charge in [0.15, 0.2) is 0 Å². The predicted molar refractivity (Wildman–Crippen MR) is 61.4 cm³/mol. The molecule has 1 amide bonds. The van der Waals surface area contributed by atoms with Crippen LogP contribution in [0.15, 0.2) is 0 Å². The molecule has 4 heteroatoms. The van der Waals surface area contributed by atoms with Crippen LogP contribution in [0, 0.1) is 5.92 Å². The number of aliphatic hydroxyl groups is 1. The van der Waals surface area contributed by atoms with E-state index >= 15 is 0 Å². The van der Waals surface area contributed by atoms with Gasteiger partial charge in [-0.2, -0.15) is 0 Å². The normalized spacial score (nSPS) is 15.1. The van der Waals surface area contributed by atoms with Gasteiger partial charge >= 0.3 is 0 Å². The summed E-state index contributed by atoms with van der Waals surface area (Å²) in [6, 6.07) is 0.127. The maximum atomic E-state index is 11.5. The van der Waals surface area contributed by atoms with Crippen molar-refractivity contribution in [2.45, 2.75) is 52.1 Å². The molecule has 0 bridgehead atoms. The number of carbonyl (C=O) groups is 1. The minimum absolute atomic E-state index is 0.0273. The molecule has 4 nitrogen and oxygen atoms in total. The molecule has 0 aliphatic carbocycles. The number of carbonyl (C=O) groups excluding carboxylic acids is 1. The van der Waals surface area contributed by atoms with Crippen LogP contribution < -0.4 is 11.1 Å². The summed E-state index contributed by atoms with van der Waals surface area (Å²) in [5, 5.41) is 11.8. The smallest absolute Gasteiger partial charge is 0.220 e. The quantitative estimate of drug-likeness (QED) is 0.584. The standard InChI is InChI=1S/C11H24N2O2/c1-8(2)10(6-7-14)13-11(15)5-4-9(3)12/h8-10,14H,4-7,12H2,1-3H3,(H,13,15). The van der Waals surface area contributed by atoms with Crippen molar-refractivity contribution in [1.82, 2.24) is 5.32 Å². The lowest BCUT2D eigenvalue weighted by molar-refractivity contribution is -0.122. The lowest BCUT2D eigenvalue weighted by Crippen LogP contribution is -2.39. The maximum Gasteiger partial charge on any atom is 0.220 e. The fraction of sp³-hybridized carbons (Fsp3) is 0.909. The average Bonchev–Trinajstić information content (AvgIpc) is 2.14. The molecular formula is C11H24N2O2. The molecule has 0 aliphatic heterocycles. The molecule has 15 heavy (non-hydrogen) atoms. The molecule has 0 rings (SSSR count). The molecule has 0 aromatic carbocycles. The van der Waals surface area contributed by atoms with E-state index in [9.17, 15) is 4.79 Å². The zero-order valence-corrected chi connectivity index (χ0v) is 9.99. The van der Waals surface area contributed by atoms with Gasteiger partial charge in [0.25, 0.3) is 0 Å². The first kappa shape index (κ1) is 14.4. The summed E-state index contributed by atoms with van der Waals surface area (Å²) in [5.74, 6) is 0.371. The Balaban J connectivity index is 3.89. The molecule has 0 saturated heterocycles. The Morgan fingerprint density at radius 3 is 2.33 bits per heavy atom. The highest BCUT2D eigenvalue weighted by Gasteiger charge is 2.15. The summed E-state index contributed by atoms with van der Waals surface area (Å²) in [7, 11) is 0. The van der Waals surface area contributed by atoms with Crippen LogP contribution in [-0.4, -0.2) is 29.7 Å². The van der Waals surface area contributed by atoms with Gasteiger partial charge in [-0.1, -0.05) is 13.8 Å². The molecule has 0 aromatic heterocycles. The highest BCUT2D eigenvalue weighted by atomic mass is 16.3. The summed E-state index contributed by atoms with van der Waals surface area (Å²) < 4.78 is 0. The molecule has 4 N–H and O–H groups in total. The zero-order valence-electron chi connectivity index (χ0n) is 9.99. The second-order valence-electron chi connectivity index (χ2n) is 4.45. The minimum Gasteiger partial charge on any atom is -0.396 e. The predicted octanol–water partition coefficient (Wildman–Crippen LogP) is 0.637. The molecule has 2 unspecified atom stereocenters. The van der Waals surface area contributed by atoms with E-state index in [1.807, 2.05) is 20.8 Å². The van der Waals surface area contributed by atoms with E-state index < -0.39 is 0 Å². The Kier molecular flexibility index (Phi) is 7.34. The Hall–Kier alpha value is -0.610. The van der Waals surface area contributed by atoms with E-state index in [1.54, 1.807) is 0 Å². The van der Waals surface area contributed by atoms with E-state index in [1.165, 1.54) is 0 Å². The van der Waals surface area contributed by atoms with E-state index in [0.717, 1.165) is 0 Å². The lowest BCUT2D eigenvalue weighted by atomic mass is 10.0. The van der Waals surface area contributed by atoms with Gasteiger partial charge < -0.3 is 16.2 Å². The Morgan fingerprint density at radius 2 is 1.93 bits per heavy atom. The molecule has 90 valence electrons. The number of nitrogens with two attached hydrogens (primary N) is 1. The number of aliphatic hydroxyl groups excluding tert-OH is 1. The first-order valence-electron chi connectivity index (χ1n) is 5.63. The summed E-state index contributed by atoms with van der Waals surface area (Å²) in [6.45, 7) is 6.07. The maximum absolute atomic E-state index is 11.5. The minimum atomic E-state index is 0.0273. The van der Waals surface area contributed by atoms with Crippen LogP contribution in [0.3, 0.4) is 0 Å². The van der Waals surface area contributed by atoms with Crippen molar-refractivity contribution in [3.63, 3.8) is 0 Å². The molecule has 0 radical (unpaired) electrons. The van der Waals surface area contributed by atoms with E-state index in [4.69, 9.17) is 10.8 Å². The molecule has 2 atom stereocenters. The number of nitrogens with one attached hydrogen (secondary N) is 1. The SMILES string of the molecule is CC(N)CCC(=O)NC(CCO)C(C)C. The van der Waals surface area contributed by atoms with Crippen LogP contribution in [0.2, 0.25) is 0 Å². The lowest BCUT2D eigenvalue weighted by Gasteiger charge is -2.21. The number of hydrogen-bond donors (Lipinski definition) is 3. The molecule has 0 fully saturated rings. The van der Waals surface area contributed by atoms with Crippen LogP contribution in [-0.2, 0) is 4.79 Å². The van der Waals surface area contributed by atoms with Crippen LogP contribution in [0.1, 0.15) is 40.0 Å². The van der Waals surface area contributed by atoms with Crippen LogP contribution in [0.5, 0.6) is 0 Å². The molecular weight excluding hydrogens is 192 g/mol. The Labute approximate surface area is 92.2 Å². The monoisotopic (exact) mass is 216 g/mol. The van der Waals surface area contributed by atoms with Gasteiger partial charge in [0.05, 0.1) is 0 Å². The van der Waals surface area contributed by atoms with Gasteiger partial charge in [0.2, 0.25) is 5.91 Å². The number of amides is 1. The fourth-order valence-electron chi connectivity index (χ4n) is 1.35. The fourth-order valence-corrected chi connectivity index (χ4v) is 1.35. The summed E-state index contributed by atoms with van der Waals surface area (Å²) in [4.78, 5) is 11.5. The van der Waals surface area contributed by atoms with Crippen molar-refractivity contribution in [1.29, 1.82) is 0 Å². The van der Waals surface area contributed by atoms with Crippen LogP contribution >= 0.6 is 0 Å².